The molecule has 0 spiro atoms. The zero-order chi connectivity index (χ0) is 15.4. The van der Waals surface area contributed by atoms with Gasteiger partial charge in [-0.25, -0.2) is 0 Å². The number of nitrogens with zero attached hydrogens (tertiary/aromatic N) is 2. The molecule has 2 aromatic rings. The molecule has 1 N–H and O–H groups in total. The molecule has 0 aliphatic carbocycles. The van der Waals surface area contributed by atoms with Gasteiger partial charge in [-0.2, -0.15) is 5.10 Å². The lowest BCUT2D eigenvalue weighted by Crippen LogP contribution is -2.25. The molecule has 6 heteroatoms. The summed E-state index contributed by atoms with van der Waals surface area (Å²) < 4.78 is 4.06. The Morgan fingerprint density at radius 2 is 1.90 bits per heavy atom. The highest BCUT2D eigenvalue weighted by Gasteiger charge is 2.22. The Balaban J connectivity index is 2.50. The molecule has 0 fully saturated rings. The fourth-order valence-corrected chi connectivity index (χ4v) is 3.95. The van der Waals surface area contributed by atoms with Gasteiger partial charge in [0.25, 0.3) is 0 Å². The van der Waals surface area contributed by atoms with Crippen LogP contribution in [0.5, 0.6) is 0 Å². The summed E-state index contributed by atoms with van der Waals surface area (Å²) in [4.78, 5) is 0. The minimum atomic E-state index is 0.0188. The average molecular weight is 436 g/mol. The van der Waals surface area contributed by atoms with Gasteiger partial charge < -0.3 is 5.32 Å². The Kier molecular flexibility index (Phi) is 6.29. The molecular weight excluding hydrogens is 417 g/mol. The fraction of sp³-hybridized carbons (Fsp3) is 0.400. The van der Waals surface area contributed by atoms with Crippen LogP contribution in [0.25, 0.3) is 0 Å². The second kappa shape index (κ2) is 7.77. The molecule has 0 amide bonds. The van der Waals surface area contributed by atoms with Crippen molar-refractivity contribution >= 4 is 43.5 Å². The number of benzene rings is 1. The largest absolute Gasteiger partial charge is 0.305 e. The van der Waals surface area contributed by atoms with E-state index in [1.807, 2.05) is 10.7 Å². The Morgan fingerprint density at radius 1 is 1.24 bits per heavy atom. The van der Waals surface area contributed by atoms with Crippen LogP contribution in [-0.4, -0.2) is 16.3 Å². The van der Waals surface area contributed by atoms with Gasteiger partial charge in [-0.05, 0) is 36.7 Å². The first-order valence-electron chi connectivity index (χ1n) is 6.97. The van der Waals surface area contributed by atoms with Crippen LogP contribution in [0.4, 0.5) is 0 Å². The summed E-state index contributed by atoms with van der Waals surface area (Å²) in [6, 6.07) is 6.26. The van der Waals surface area contributed by atoms with Crippen molar-refractivity contribution in [3.05, 3.63) is 49.6 Å². The molecule has 1 unspecified atom stereocenters. The summed E-state index contributed by atoms with van der Waals surface area (Å²) in [5.41, 5.74) is 2.17. The van der Waals surface area contributed by atoms with Crippen LogP contribution in [0.2, 0.25) is 5.02 Å². The van der Waals surface area contributed by atoms with Gasteiger partial charge in [0, 0.05) is 15.5 Å². The molecule has 0 saturated carbocycles. The predicted molar refractivity (Wildman–Crippen MR) is 94.9 cm³/mol. The highest BCUT2D eigenvalue weighted by molar-refractivity contribution is 9.11. The van der Waals surface area contributed by atoms with Crippen LogP contribution < -0.4 is 5.32 Å². The quantitative estimate of drug-likeness (QED) is 0.678. The van der Waals surface area contributed by atoms with Crippen molar-refractivity contribution in [2.24, 2.45) is 0 Å². The van der Waals surface area contributed by atoms with E-state index in [0.717, 1.165) is 39.7 Å². The first kappa shape index (κ1) is 17.0. The molecule has 1 heterocycles. The van der Waals surface area contributed by atoms with E-state index in [0.29, 0.717) is 5.02 Å². The number of aromatic nitrogens is 2. The van der Waals surface area contributed by atoms with E-state index in [2.05, 4.69) is 68.3 Å². The second-order valence-electron chi connectivity index (χ2n) is 4.79. The van der Waals surface area contributed by atoms with E-state index in [9.17, 15) is 0 Å². The number of hydrogen-bond donors (Lipinski definition) is 1. The maximum Gasteiger partial charge on any atom is 0.0837 e. The van der Waals surface area contributed by atoms with Gasteiger partial charge in [-0.1, -0.05) is 57.3 Å². The smallest absolute Gasteiger partial charge is 0.0837 e. The van der Waals surface area contributed by atoms with Gasteiger partial charge in [0.15, 0.2) is 0 Å². The average Bonchev–Trinajstić information content (AvgIpc) is 2.77. The van der Waals surface area contributed by atoms with Crippen LogP contribution in [0.3, 0.4) is 0 Å². The Bertz CT molecular complexity index is 593. The summed E-state index contributed by atoms with van der Waals surface area (Å²) in [5.74, 6) is 0. The molecule has 114 valence electrons. The van der Waals surface area contributed by atoms with Crippen LogP contribution in [0, 0.1) is 0 Å². The zero-order valence-corrected chi connectivity index (χ0v) is 16.0. The minimum absolute atomic E-state index is 0.0188. The van der Waals surface area contributed by atoms with Crippen LogP contribution in [0.15, 0.2) is 33.3 Å². The van der Waals surface area contributed by atoms with Gasteiger partial charge in [-0.15, -0.1) is 0 Å². The van der Waals surface area contributed by atoms with E-state index in [-0.39, 0.29) is 6.04 Å². The van der Waals surface area contributed by atoms with Crippen LogP contribution in [0.1, 0.15) is 37.6 Å². The summed E-state index contributed by atoms with van der Waals surface area (Å²) in [7, 11) is 0. The molecule has 3 nitrogen and oxygen atoms in total. The summed E-state index contributed by atoms with van der Waals surface area (Å²) in [6.45, 7) is 5.94. The monoisotopic (exact) mass is 433 g/mol. The third-order valence-electron chi connectivity index (χ3n) is 3.17. The molecule has 0 aliphatic rings. The number of halogens is 3. The van der Waals surface area contributed by atoms with Crippen molar-refractivity contribution in [3.8, 4) is 0 Å². The molecule has 0 bridgehead atoms. The van der Waals surface area contributed by atoms with E-state index in [1.165, 1.54) is 0 Å². The second-order valence-corrected chi connectivity index (χ2v) is 7.03. The highest BCUT2D eigenvalue weighted by Crippen LogP contribution is 2.32. The SMILES string of the molecule is CCCn1ncc(Cl)c1C(NCC)c1cc(Br)cc(Br)c1. The zero-order valence-electron chi connectivity index (χ0n) is 12.0. The third kappa shape index (κ3) is 4.09. The van der Waals surface area contributed by atoms with Crippen LogP contribution in [-0.2, 0) is 6.54 Å². The topological polar surface area (TPSA) is 29.9 Å². The minimum Gasteiger partial charge on any atom is -0.305 e. The van der Waals surface area contributed by atoms with Gasteiger partial charge in [0.05, 0.1) is 23.0 Å². The van der Waals surface area contributed by atoms with Gasteiger partial charge in [0.1, 0.15) is 0 Å². The molecule has 1 aromatic heterocycles. The molecular formula is C15H18Br2ClN3. The lowest BCUT2D eigenvalue weighted by molar-refractivity contribution is 0.520. The Hall–Kier alpha value is -0.360. The van der Waals surface area contributed by atoms with Crippen molar-refractivity contribution in [1.82, 2.24) is 15.1 Å². The maximum absolute atomic E-state index is 6.39. The summed E-state index contributed by atoms with van der Waals surface area (Å²) >= 11 is 13.5. The number of hydrogen-bond acceptors (Lipinski definition) is 2. The normalized spacial score (nSPS) is 12.6. The van der Waals surface area contributed by atoms with Gasteiger partial charge in [-0.3, -0.25) is 4.68 Å². The predicted octanol–water partition coefficient (Wildman–Crippen LogP) is 5.17. The van der Waals surface area contributed by atoms with Crippen molar-refractivity contribution < 1.29 is 0 Å². The molecule has 0 saturated heterocycles. The molecule has 2 rings (SSSR count). The van der Waals surface area contributed by atoms with Crippen molar-refractivity contribution in [1.29, 1.82) is 0 Å². The standard InChI is InChI=1S/C15H18Br2ClN3/c1-3-5-21-15(13(18)9-20-21)14(19-4-2)10-6-11(16)8-12(17)7-10/h6-9,14,19H,3-5H2,1-2H3. The van der Waals surface area contributed by atoms with E-state index < -0.39 is 0 Å². The van der Waals surface area contributed by atoms with Gasteiger partial charge >= 0.3 is 0 Å². The summed E-state index contributed by atoms with van der Waals surface area (Å²) in [5, 5.41) is 8.61. The lowest BCUT2D eigenvalue weighted by atomic mass is 10.0. The van der Waals surface area contributed by atoms with Crippen molar-refractivity contribution in [2.45, 2.75) is 32.9 Å². The Labute approximate surface area is 147 Å². The van der Waals surface area contributed by atoms with Gasteiger partial charge in [0.2, 0.25) is 0 Å². The number of rotatable bonds is 6. The molecule has 21 heavy (non-hydrogen) atoms. The maximum atomic E-state index is 6.39. The first-order chi connectivity index (χ1) is 10.1. The highest BCUT2D eigenvalue weighted by atomic mass is 79.9. The van der Waals surface area contributed by atoms with E-state index in [4.69, 9.17) is 11.6 Å². The first-order valence-corrected chi connectivity index (χ1v) is 8.93. The fourth-order valence-electron chi connectivity index (χ4n) is 2.37. The summed E-state index contributed by atoms with van der Waals surface area (Å²) in [6.07, 6.45) is 2.75. The van der Waals surface area contributed by atoms with E-state index in [1.54, 1.807) is 6.20 Å². The number of aryl methyl sites for hydroxylation is 1. The Morgan fingerprint density at radius 3 is 2.48 bits per heavy atom. The third-order valence-corrected chi connectivity index (χ3v) is 4.38. The molecule has 1 atom stereocenters. The molecule has 1 aromatic carbocycles. The lowest BCUT2D eigenvalue weighted by Gasteiger charge is -2.21. The number of nitrogens with one attached hydrogen (secondary N) is 1. The molecule has 0 aliphatic heterocycles. The van der Waals surface area contributed by atoms with E-state index >= 15 is 0 Å². The van der Waals surface area contributed by atoms with Crippen molar-refractivity contribution in [2.75, 3.05) is 6.54 Å². The van der Waals surface area contributed by atoms with Crippen molar-refractivity contribution in [3.63, 3.8) is 0 Å². The van der Waals surface area contributed by atoms with Crippen LogP contribution >= 0.6 is 43.5 Å². The molecule has 0 radical (unpaired) electrons.